The maximum Gasteiger partial charge on any atom is 0.251 e. The highest BCUT2D eigenvalue weighted by Gasteiger charge is 2.16. The molecule has 15 heteroatoms. The second-order valence-corrected chi connectivity index (χ2v) is 11.2. The van der Waals surface area contributed by atoms with E-state index in [4.69, 9.17) is 45.2 Å². The smallest absolute Gasteiger partial charge is 0.251 e. The normalized spacial score (nSPS) is 11.6. The fourth-order valence-corrected chi connectivity index (χ4v) is 4.76. The maximum absolute atomic E-state index is 12.2. The van der Waals surface area contributed by atoms with Crippen LogP contribution in [0.4, 0.5) is 0 Å². The van der Waals surface area contributed by atoms with Gasteiger partial charge in [-0.05, 0) is 31.0 Å². The number of ether oxygens (including phenoxy) is 6. The molecule has 1 aromatic carbocycles. The number of amides is 2. The van der Waals surface area contributed by atoms with E-state index < -0.39 is 15.9 Å². The van der Waals surface area contributed by atoms with Gasteiger partial charge in [0.05, 0.1) is 71.1 Å². The van der Waals surface area contributed by atoms with E-state index in [1.165, 1.54) is 12.1 Å². The van der Waals surface area contributed by atoms with Gasteiger partial charge in [0.1, 0.15) is 4.90 Å². The number of nitrogens with two attached hydrogens (primary N) is 1. The predicted molar refractivity (Wildman–Crippen MR) is 157 cm³/mol. The summed E-state index contributed by atoms with van der Waals surface area (Å²) in [6.45, 7) is 5.09. The van der Waals surface area contributed by atoms with Gasteiger partial charge in [-0.2, -0.15) is 0 Å². The van der Waals surface area contributed by atoms with Gasteiger partial charge in [-0.1, -0.05) is 18.0 Å². The van der Waals surface area contributed by atoms with Crippen molar-refractivity contribution in [3.8, 4) is 0 Å². The Morgan fingerprint density at radius 3 is 1.98 bits per heavy atom. The lowest BCUT2D eigenvalue weighted by Gasteiger charge is -2.14. The van der Waals surface area contributed by atoms with Crippen molar-refractivity contribution in [3.05, 3.63) is 28.8 Å². The van der Waals surface area contributed by atoms with E-state index in [-0.39, 0.29) is 34.5 Å². The molecule has 0 saturated carbocycles. The zero-order chi connectivity index (χ0) is 31.1. The lowest BCUT2D eigenvalue weighted by molar-refractivity contribution is -0.122. The minimum Gasteiger partial charge on any atom is -0.384 e. The molecule has 0 saturated heterocycles. The number of carbonyl (C=O) groups excluding carboxylic acids is 2. The zero-order valence-corrected chi connectivity index (χ0v) is 26.1. The van der Waals surface area contributed by atoms with Crippen molar-refractivity contribution in [1.29, 1.82) is 0 Å². The highest BCUT2D eigenvalue weighted by Crippen LogP contribution is 2.21. The SMILES string of the molecule is COCC(CCCCNC(=O)CCOCCOCCOCCOCCNC(=O)c1ccc(Cl)c(S(N)(=O)=O)c1)COC. The third kappa shape index (κ3) is 18.6. The lowest BCUT2D eigenvalue weighted by Crippen LogP contribution is -2.28. The molecule has 0 radical (unpaired) electrons. The first kappa shape index (κ1) is 38.1. The number of methoxy groups -OCH3 is 2. The second kappa shape index (κ2) is 23.6. The van der Waals surface area contributed by atoms with E-state index in [2.05, 4.69) is 10.6 Å². The van der Waals surface area contributed by atoms with Crippen LogP contribution in [0.15, 0.2) is 23.1 Å². The molecule has 2 amide bonds. The van der Waals surface area contributed by atoms with Crippen molar-refractivity contribution in [2.75, 3.05) is 93.4 Å². The van der Waals surface area contributed by atoms with Crippen molar-refractivity contribution < 1.29 is 46.4 Å². The van der Waals surface area contributed by atoms with Crippen LogP contribution in [0.1, 0.15) is 36.0 Å². The van der Waals surface area contributed by atoms with Crippen LogP contribution in [0, 0.1) is 5.92 Å². The first-order valence-electron chi connectivity index (χ1n) is 13.8. The van der Waals surface area contributed by atoms with Gasteiger partial charge in [-0.25, -0.2) is 13.6 Å². The van der Waals surface area contributed by atoms with Crippen LogP contribution in [-0.4, -0.2) is 114 Å². The van der Waals surface area contributed by atoms with Crippen LogP contribution >= 0.6 is 11.6 Å². The van der Waals surface area contributed by atoms with Gasteiger partial charge in [-0.15, -0.1) is 0 Å². The minimum absolute atomic E-state index is 0.0282. The van der Waals surface area contributed by atoms with E-state index in [9.17, 15) is 18.0 Å². The number of hydrogen-bond acceptors (Lipinski definition) is 10. The molecule has 0 aliphatic heterocycles. The number of unbranched alkanes of at least 4 members (excludes halogenated alkanes) is 1. The number of primary sulfonamides is 1. The molecule has 1 rings (SSSR count). The molecular weight excluding hydrogens is 594 g/mol. The average Bonchev–Trinajstić information content (AvgIpc) is 2.94. The summed E-state index contributed by atoms with van der Waals surface area (Å²) >= 11 is 5.82. The molecule has 1 aromatic rings. The number of halogens is 1. The summed E-state index contributed by atoms with van der Waals surface area (Å²) < 4.78 is 55.1. The molecule has 0 atom stereocenters. The molecule has 242 valence electrons. The maximum atomic E-state index is 12.2. The van der Waals surface area contributed by atoms with Crippen LogP contribution in [-0.2, 0) is 43.2 Å². The Labute approximate surface area is 254 Å². The first-order valence-corrected chi connectivity index (χ1v) is 15.8. The number of benzene rings is 1. The number of nitrogens with one attached hydrogen (secondary N) is 2. The van der Waals surface area contributed by atoms with Crippen molar-refractivity contribution in [2.24, 2.45) is 11.1 Å². The molecule has 0 spiro atoms. The van der Waals surface area contributed by atoms with E-state index in [0.29, 0.717) is 78.3 Å². The summed E-state index contributed by atoms with van der Waals surface area (Å²) in [5.74, 6) is -0.120. The van der Waals surface area contributed by atoms with E-state index in [0.717, 1.165) is 25.3 Å². The van der Waals surface area contributed by atoms with Gasteiger partial charge in [0.15, 0.2) is 0 Å². The Hall–Kier alpha value is -1.88. The van der Waals surface area contributed by atoms with Gasteiger partial charge < -0.3 is 39.1 Å². The Morgan fingerprint density at radius 1 is 0.833 bits per heavy atom. The summed E-state index contributed by atoms with van der Waals surface area (Å²) in [6.07, 6.45) is 3.23. The molecule has 0 unspecified atom stereocenters. The van der Waals surface area contributed by atoms with E-state index >= 15 is 0 Å². The van der Waals surface area contributed by atoms with Crippen LogP contribution in [0.3, 0.4) is 0 Å². The van der Waals surface area contributed by atoms with Gasteiger partial charge in [-0.3, -0.25) is 9.59 Å². The zero-order valence-electron chi connectivity index (χ0n) is 24.6. The van der Waals surface area contributed by atoms with Gasteiger partial charge >= 0.3 is 0 Å². The Kier molecular flexibility index (Phi) is 21.4. The molecular formula is C27H46ClN3O10S. The van der Waals surface area contributed by atoms with Crippen LogP contribution in [0.25, 0.3) is 0 Å². The minimum atomic E-state index is -4.03. The van der Waals surface area contributed by atoms with E-state index in [1.54, 1.807) is 14.2 Å². The molecule has 0 bridgehead atoms. The van der Waals surface area contributed by atoms with Gasteiger partial charge in [0.25, 0.3) is 5.91 Å². The summed E-state index contributed by atoms with van der Waals surface area (Å²) in [5, 5.41) is 10.6. The molecule has 0 fully saturated rings. The number of rotatable bonds is 26. The first-order chi connectivity index (χ1) is 20.2. The highest BCUT2D eigenvalue weighted by atomic mass is 35.5. The average molecular weight is 640 g/mol. The summed E-state index contributed by atoms with van der Waals surface area (Å²) in [7, 11) is -0.661. The van der Waals surface area contributed by atoms with Crippen LogP contribution in [0.2, 0.25) is 5.02 Å². The number of carbonyl (C=O) groups is 2. The fourth-order valence-electron chi connectivity index (χ4n) is 3.69. The summed E-state index contributed by atoms with van der Waals surface area (Å²) in [4.78, 5) is 23.7. The van der Waals surface area contributed by atoms with Crippen molar-refractivity contribution >= 4 is 33.4 Å². The predicted octanol–water partition coefficient (Wildman–Crippen LogP) is 1.37. The Morgan fingerprint density at radius 2 is 1.40 bits per heavy atom. The van der Waals surface area contributed by atoms with Gasteiger partial charge in [0, 0.05) is 45.2 Å². The van der Waals surface area contributed by atoms with Crippen molar-refractivity contribution in [1.82, 2.24) is 10.6 Å². The van der Waals surface area contributed by atoms with Crippen LogP contribution < -0.4 is 15.8 Å². The molecule has 42 heavy (non-hydrogen) atoms. The van der Waals surface area contributed by atoms with Crippen molar-refractivity contribution in [2.45, 2.75) is 30.6 Å². The quantitative estimate of drug-likeness (QED) is 0.126. The van der Waals surface area contributed by atoms with Crippen LogP contribution in [0.5, 0.6) is 0 Å². The lowest BCUT2D eigenvalue weighted by atomic mass is 10.0. The monoisotopic (exact) mass is 639 g/mol. The third-order valence-electron chi connectivity index (χ3n) is 5.79. The standard InChI is InChI=1S/C27H46ClN3O10S/c1-36-20-22(21-37-2)5-3-4-9-30-26(32)8-11-38-13-15-40-17-18-41-16-14-39-12-10-31-27(33)23-6-7-24(28)25(19-23)42(29,34)35/h6-7,19,22H,3-5,8-18,20-21H2,1-2H3,(H,30,32)(H,31,33)(H2,29,34,35). The summed E-state index contributed by atoms with van der Waals surface area (Å²) in [5.41, 5.74) is 0.121. The largest absolute Gasteiger partial charge is 0.384 e. The third-order valence-corrected chi connectivity index (χ3v) is 7.18. The molecule has 0 aromatic heterocycles. The van der Waals surface area contributed by atoms with E-state index in [1.807, 2.05) is 0 Å². The molecule has 13 nitrogen and oxygen atoms in total. The number of hydrogen-bond donors (Lipinski definition) is 3. The molecule has 0 aliphatic carbocycles. The summed E-state index contributed by atoms with van der Waals surface area (Å²) in [6, 6.07) is 3.84. The number of sulfonamides is 1. The Balaban J connectivity index is 1.90. The fraction of sp³-hybridized carbons (Fsp3) is 0.704. The van der Waals surface area contributed by atoms with Crippen molar-refractivity contribution in [3.63, 3.8) is 0 Å². The molecule has 0 heterocycles. The van der Waals surface area contributed by atoms with Gasteiger partial charge in [0.2, 0.25) is 15.9 Å². The highest BCUT2D eigenvalue weighted by molar-refractivity contribution is 7.89. The molecule has 4 N–H and O–H groups in total. The Bertz CT molecular complexity index is 994. The topological polar surface area (TPSA) is 174 Å². The molecule has 0 aliphatic rings. The second-order valence-electron chi connectivity index (χ2n) is 9.27.